The van der Waals surface area contributed by atoms with E-state index in [0.717, 1.165) is 49.6 Å². The Morgan fingerprint density at radius 1 is 1.31 bits per heavy atom. The van der Waals surface area contributed by atoms with Gasteiger partial charge in [0, 0.05) is 30.9 Å². The number of hydrogen-bond acceptors (Lipinski definition) is 4. The van der Waals surface area contributed by atoms with E-state index >= 15 is 0 Å². The molecule has 3 rings (SSSR count). The van der Waals surface area contributed by atoms with Crippen LogP contribution in [0.1, 0.15) is 36.0 Å². The number of carbonyl (C=O) groups is 1. The van der Waals surface area contributed by atoms with E-state index in [0.29, 0.717) is 12.5 Å². The largest absolute Gasteiger partial charge is 0.338 e. The van der Waals surface area contributed by atoms with Crippen molar-refractivity contribution in [3.63, 3.8) is 0 Å². The Kier molecular flexibility index (Phi) is 10.2. The van der Waals surface area contributed by atoms with Gasteiger partial charge in [-0.1, -0.05) is 37.3 Å². The number of nitrogens with one attached hydrogen (secondary N) is 1. The van der Waals surface area contributed by atoms with Crippen molar-refractivity contribution < 1.29 is 4.79 Å². The molecule has 1 fully saturated rings. The molecule has 1 unspecified atom stereocenters. The molecule has 1 aliphatic heterocycles. The topological polar surface area (TPSA) is 45.2 Å². The van der Waals surface area contributed by atoms with Gasteiger partial charge in [0.25, 0.3) is 0 Å². The van der Waals surface area contributed by atoms with Crippen molar-refractivity contribution in [1.29, 1.82) is 0 Å². The van der Waals surface area contributed by atoms with E-state index in [1.54, 1.807) is 11.3 Å². The maximum Gasteiger partial charge on any atom is 0.228 e. The highest BCUT2D eigenvalue weighted by Gasteiger charge is 2.26. The predicted molar refractivity (Wildman–Crippen MR) is 113 cm³/mol. The van der Waals surface area contributed by atoms with Gasteiger partial charge in [-0.05, 0) is 24.9 Å². The molecule has 1 aromatic carbocycles. The van der Waals surface area contributed by atoms with E-state index in [1.807, 2.05) is 23.6 Å². The summed E-state index contributed by atoms with van der Waals surface area (Å²) < 4.78 is 0. The molecule has 1 aliphatic rings. The van der Waals surface area contributed by atoms with Crippen LogP contribution in [0.2, 0.25) is 0 Å². The first-order valence-electron chi connectivity index (χ1n) is 8.73. The monoisotopic (exact) mass is 415 g/mol. The van der Waals surface area contributed by atoms with Crippen molar-refractivity contribution in [2.24, 2.45) is 0 Å². The summed E-state index contributed by atoms with van der Waals surface area (Å²) in [6, 6.07) is 10.7. The molecule has 144 valence electrons. The zero-order valence-corrected chi connectivity index (χ0v) is 17.5. The van der Waals surface area contributed by atoms with Crippen LogP contribution in [0.15, 0.2) is 35.7 Å². The van der Waals surface area contributed by atoms with Crippen LogP contribution in [0, 0.1) is 0 Å². The van der Waals surface area contributed by atoms with Gasteiger partial charge >= 0.3 is 0 Å². The minimum Gasteiger partial charge on any atom is -0.338 e. The van der Waals surface area contributed by atoms with Crippen LogP contribution >= 0.6 is 36.2 Å². The first kappa shape index (κ1) is 22.9. The molecule has 2 aromatic rings. The Hall–Kier alpha value is -1.14. The highest BCUT2D eigenvalue weighted by molar-refractivity contribution is 7.09. The van der Waals surface area contributed by atoms with Crippen LogP contribution in [-0.4, -0.2) is 41.5 Å². The van der Waals surface area contributed by atoms with Gasteiger partial charge < -0.3 is 10.2 Å². The van der Waals surface area contributed by atoms with E-state index in [1.165, 1.54) is 5.56 Å². The minimum atomic E-state index is 0. The third-order valence-corrected chi connectivity index (χ3v) is 5.29. The Morgan fingerprint density at radius 3 is 2.73 bits per heavy atom. The van der Waals surface area contributed by atoms with Crippen LogP contribution in [0.4, 0.5) is 0 Å². The van der Waals surface area contributed by atoms with E-state index in [4.69, 9.17) is 0 Å². The average Bonchev–Trinajstić information content (AvgIpc) is 3.26. The van der Waals surface area contributed by atoms with Crippen LogP contribution in [-0.2, 0) is 17.6 Å². The molecule has 1 atom stereocenters. The van der Waals surface area contributed by atoms with Crippen molar-refractivity contribution in [2.45, 2.75) is 38.6 Å². The third kappa shape index (κ3) is 6.23. The molecule has 0 bridgehead atoms. The summed E-state index contributed by atoms with van der Waals surface area (Å²) in [6.07, 6.45) is 3.31. The molecule has 0 aliphatic carbocycles. The lowest BCUT2D eigenvalue weighted by atomic mass is 10.1. The van der Waals surface area contributed by atoms with Crippen molar-refractivity contribution in [3.8, 4) is 0 Å². The van der Waals surface area contributed by atoms with Gasteiger partial charge in [-0.2, -0.15) is 0 Å². The summed E-state index contributed by atoms with van der Waals surface area (Å²) in [6.45, 7) is 4.90. The molecular formula is C19H27Cl2N3OS. The smallest absolute Gasteiger partial charge is 0.228 e. The van der Waals surface area contributed by atoms with Crippen LogP contribution in [0.25, 0.3) is 0 Å². The van der Waals surface area contributed by atoms with Crippen molar-refractivity contribution >= 4 is 42.1 Å². The standard InChI is InChI=1S/C19H25N3OS.2ClH/c1-2-10-22(17-8-9-20-13-17)19(23)12-16-14-24-18(21-16)11-15-6-4-3-5-7-15;;/h3-7,14,17,20H,2,8-13H2,1H3;2*1H. The SMILES string of the molecule is CCCN(C(=O)Cc1csc(Cc2ccccc2)n1)C1CCNC1.Cl.Cl. The van der Waals surface area contributed by atoms with Gasteiger partial charge in [0.15, 0.2) is 0 Å². The fourth-order valence-electron chi connectivity index (χ4n) is 3.20. The lowest BCUT2D eigenvalue weighted by molar-refractivity contribution is -0.132. The van der Waals surface area contributed by atoms with Crippen LogP contribution < -0.4 is 5.32 Å². The summed E-state index contributed by atoms with van der Waals surface area (Å²) in [5.41, 5.74) is 2.16. The molecule has 1 amide bonds. The van der Waals surface area contributed by atoms with Crippen molar-refractivity contribution in [1.82, 2.24) is 15.2 Å². The molecule has 26 heavy (non-hydrogen) atoms. The summed E-state index contributed by atoms with van der Waals surface area (Å²) >= 11 is 1.65. The summed E-state index contributed by atoms with van der Waals surface area (Å²) in [7, 11) is 0. The Labute approximate surface area is 172 Å². The molecule has 0 saturated carbocycles. The highest BCUT2D eigenvalue weighted by atomic mass is 35.5. The first-order chi connectivity index (χ1) is 11.8. The van der Waals surface area contributed by atoms with Crippen molar-refractivity contribution in [2.75, 3.05) is 19.6 Å². The van der Waals surface area contributed by atoms with Crippen LogP contribution in [0.3, 0.4) is 0 Å². The lowest BCUT2D eigenvalue weighted by Crippen LogP contribution is -2.42. The van der Waals surface area contributed by atoms with E-state index in [-0.39, 0.29) is 30.7 Å². The fourth-order valence-corrected chi connectivity index (χ4v) is 4.02. The molecule has 0 radical (unpaired) electrons. The zero-order valence-electron chi connectivity index (χ0n) is 15.0. The summed E-state index contributed by atoms with van der Waals surface area (Å²) in [4.78, 5) is 19.4. The second kappa shape index (κ2) is 11.5. The van der Waals surface area contributed by atoms with Gasteiger partial charge in [0.05, 0.1) is 17.1 Å². The maximum absolute atomic E-state index is 12.7. The number of rotatable bonds is 7. The number of hydrogen-bond donors (Lipinski definition) is 1. The van der Waals surface area contributed by atoms with Crippen molar-refractivity contribution in [3.05, 3.63) is 52.0 Å². The molecule has 7 heteroatoms. The molecule has 1 aromatic heterocycles. The Bertz CT molecular complexity index is 660. The Balaban J connectivity index is 0.00000169. The summed E-state index contributed by atoms with van der Waals surface area (Å²) in [5.74, 6) is 0.210. The minimum absolute atomic E-state index is 0. The number of thiazole rings is 1. The number of amides is 1. The lowest BCUT2D eigenvalue weighted by Gasteiger charge is -2.28. The molecule has 1 N–H and O–H groups in total. The molecular weight excluding hydrogens is 389 g/mol. The third-order valence-electron chi connectivity index (χ3n) is 4.39. The van der Waals surface area contributed by atoms with E-state index < -0.39 is 0 Å². The quantitative estimate of drug-likeness (QED) is 0.748. The van der Waals surface area contributed by atoms with Crippen LogP contribution in [0.5, 0.6) is 0 Å². The number of halogens is 2. The zero-order chi connectivity index (χ0) is 16.8. The summed E-state index contributed by atoms with van der Waals surface area (Å²) in [5, 5.41) is 6.47. The number of nitrogens with zero attached hydrogens (tertiary/aromatic N) is 2. The highest BCUT2D eigenvalue weighted by Crippen LogP contribution is 2.17. The average molecular weight is 416 g/mol. The number of benzene rings is 1. The fraction of sp³-hybridized carbons (Fsp3) is 0.474. The maximum atomic E-state index is 12.7. The van der Waals surface area contributed by atoms with E-state index in [9.17, 15) is 4.79 Å². The predicted octanol–water partition coefficient (Wildman–Crippen LogP) is 3.72. The normalized spacial score (nSPS) is 15.8. The van der Waals surface area contributed by atoms with Gasteiger partial charge in [-0.15, -0.1) is 36.2 Å². The molecule has 0 spiro atoms. The van der Waals surface area contributed by atoms with Gasteiger partial charge in [-0.25, -0.2) is 4.98 Å². The van der Waals surface area contributed by atoms with Gasteiger partial charge in [0.1, 0.15) is 0 Å². The first-order valence-corrected chi connectivity index (χ1v) is 9.61. The molecule has 1 saturated heterocycles. The van der Waals surface area contributed by atoms with E-state index in [2.05, 4.69) is 34.3 Å². The Morgan fingerprint density at radius 2 is 2.08 bits per heavy atom. The van der Waals surface area contributed by atoms with Gasteiger partial charge in [-0.3, -0.25) is 4.79 Å². The van der Waals surface area contributed by atoms with Gasteiger partial charge in [0.2, 0.25) is 5.91 Å². The number of carbonyl (C=O) groups excluding carboxylic acids is 1. The number of aromatic nitrogens is 1. The second-order valence-corrected chi connectivity index (χ2v) is 7.25. The molecule has 2 heterocycles. The second-order valence-electron chi connectivity index (χ2n) is 6.31. The molecule has 4 nitrogen and oxygen atoms in total.